The molecule has 206 valence electrons. The summed E-state index contributed by atoms with van der Waals surface area (Å²) in [6, 6.07) is 53.5. The molecule has 9 aromatic rings. The molecule has 9 rings (SSSR count). The van der Waals surface area contributed by atoms with Crippen molar-refractivity contribution in [3.05, 3.63) is 152 Å². The molecule has 0 bridgehead atoms. The molecule has 4 heteroatoms. The Kier molecular flexibility index (Phi) is 5.68. The number of hydrogen-bond donors (Lipinski definition) is 0. The Labute approximate surface area is 258 Å². The summed E-state index contributed by atoms with van der Waals surface area (Å²) in [5.74, 6) is 1.57. The van der Waals surface area contributed by atoms with Gasteiger partial charge in [0, 0.05) is 43.4 Å². The summed E-state index contributed by atoms with van der Waals surface area (Å²) in [4.78, 5) is 10.4. The van der Waals surface area contributed by atoms with Crippen molar-refractivity contribution in [1.82, 2.24) is 14.5 Å². The second-order valence-electron chi connectivity index (χ2n) is 11.0. The lowest BCUT2D eigenvalue weighted by Gasteiger charge is -2.13. The van der Waals surface area contributed by atoms with Gasteiger partial charge in [0.15, 0.2) is 5.82 Å². The molecule has 0 N–H and O–H groups in total. The van der Waals surface area contributed by atoms with Gasteiger partial charge in [0.2, 0.25) is 0 Å². The van der Waals surface area contributed by atoms with Crippen molar-refractivity contribution < 1.29 is 0 Å². The van der Waals surface area contributed by atoms with Gasteiger partial charge in [0.05, 0.1) is 21.4 Å². The fourth-order valence-electron chi connectivity index (χ4n) is 6.35. The zero-order valence-corrected chi connectivity index (χ0v) is 24.5. The van der Waals surface area contributed by atoms with E-state index in [-0.39, 0.29) is 0 Å². The third-order valence-corrected chi connectivity index (χ3v) is 9.63. The molecule has 0 aliphatic rings. The van der Waals surface area contributed by atoms with Crippen LogP contribution in [0.5, 0.6) is 0 Å². The van der Waals surface area contributed by atoms with E-state index in [9.17, 15) is 0 Å². The lowest BCUT2D eigenvalue weighted by atomic mass is 10.0. The van der Waals surface area contributed by atoms with Gasteiger partial charge < -0.3 is 0 Å². The fraction of sp³-hybridized carbons (Fsp3) is 0. The van der Waals surface area contributed by atoms with E-state index in [1.165, 1.54) is 47.6 Å². The molecule has 3 heterocycles. The summed E-state index contributed by atoms with van der Waals surface area (Å²) in [6.07, 6.45) is 0. The number of rotatable bonds is 4. The summed E-state index contributed by atoms with van der Waals surface area (Å²) >= 11 is 1.85. The highest BCUT2D eigenvalue weighted by Crippen LogP contribution is 2.43. The van der Waals surface area contributed by atoms with E-state index in [0.29, 0.717) is 5.82 Å². The van der Waals surface area contributed by atoms with Gasteiger partial charge in [-0.2, -0.15) is 0 Å². The lowest BCUT2D eigenvalue weighted by molar-refractivity contribution is 1.05. The topological polar surface area (TPSA) is 30.7 Å². The monoisotopic (exact) mass is 579 g/mol. The maximum atomic E-state index is 5.25. The van der Waals surface area contributed by atoms with Crippen molar-refractivity contribution in [3.63, 3.8) is 0 Å². The molecule has 0 saturated carbocycles. The number of nitrogens with zero attached hydrogens (tertiary/aromatic N) is 3. The van der Waals surface area contributed by atoms with E-state index < -0.39 is 0 Å². The van der Waals surface area contributed by atoms with Crippen LogP contribution >= 0.6 is 11.3 Å². The van der Waals surface area contributed by atoms with Crippen LogP contribution in [-0.4, -0.2) is 14.5 Å². The number of para-hydroxylation sites is 1. The van der Waals surface area contributed by atoms with E-state index in [2.05, 4.69) is 132 Å². The van der Waals surface area contributed by atoms with E-state index in [1.54, 1.807) is 0 Å². The maximum Gasteiger partial charge on any atom is 0.162 e. The third kappa shape index (κ3) is 3.96. The molecule has 0 saturated heterocycles. The van der Waals surface area contributed by atoms with E-state index in [1.807, 2.05) is 35.6 Å². The molecule has 6 aromatic carbocycles. The second-order valence-corrected chi connectivity index (χ2v) is 12.1. The minimum atomic E-state index is 0.708. The predicted molar refractivity (Wildman–Crippen MR) is 186 cm³/mol. The smallest absolute Gasteiger partial charge is 0.162 e. The molecule has 44 heavy (non-hydrogen) atoms. The number of benzene rings is 6. The minimum Gasteiger partial charge on any atom is -0.292 e. The highest BCUT2D eigenvalue weighted by atomic mass is 32.1. The molecular formula is C40H25N3S. The summed E-state index contributed by atoms with van der Waals surface area (Å²) < 4.78 is 4.91. The van der Waals surface area contributed by atoms with Gasteiger partial charge in [-0.15, -0.1) is 11.3 Å². The van der Waals surface area contributed by atoms with Crippen LogP contribution in [0.4, 0.5) is 0 Å². The first-order valence-corrected chi connectivity index (χ1v) is 15.6. The van der Waals surface area contributed by atoms with Crippen LogP contribution in [0, 0.1) is 0 Å². The largest absolute Gasteiger partial charge is 0.292 e. The number of fused-ring (bicyclic) bond motifs is 7. The van der Waals surface area contributed by atoms with Crippen LogP contribution in [0.15, 0.2) is 152 Å². The van der Waals surface area contributed by atoms with Crippen LogP contribution in [-0.2, 0) is 0 Å². The van der Waals surface area contributed by atoms with Crippen molar-refractivity contribution in [1.29, 1.82) is 0 Å². The second kappa shape index (κ2) is 10.0. The highest BCUT2D eigenvalue weighted by Gasteiger charge is 2.20. The molecule has 0 radical (unpaired) electrons. The Morgan fingerprint density at radius 3 is 1.86 bits per heavy atom. The van der Waals surface area contributed by atoms with Crippen molar-refractivity contribution >= 4 is 53.3 Å². The summed E-state index contributed by atoms with van der Waals surface area (Å²) in [5.41, 5.74) is 7.64. The Hall–Kier alpha value is -5.58. The first kappa shape index (κ1) is 25.0. The Morgan fingerprint density at radius 1 is 0.455 bits per heavy atom. The summed E-state index contributed by atoms with van der Waals surface area (Å²) in [7, 11) is 0. The predicted octanol–water partition coefficient (Wildman–Crippen LogP) is 10.9. The number of hydrogen-bond acceptors (Lipinski definition) is 3. The normalized spacial score (nSPS) is 11.6. The number of aromatic nitrogens is 3. The SMILES string of the molecule is c1ccc(-c2ccc(-c3cc(-n4c5ccccc5c5ccc6c7ccccc7sc6c54)nc(-c4ccccc4)n3)cc2)cc1. The zero-order chi connectivity index (χ0) is 29.0. The van der Waals surface area contributed by atoms with Crippen LogP contribution in [0.1, 0.15) is 0 Å². The molecule has 3 aromatic heterocycles. The molecule has 0 amide bonds. The van der Waals surface area contributed by atoms with Crippen LogP contribution in [0.2, 0.25) is 0 Å². The molecule has 0 unspecified atom stereocenters. The molecular weight excluding hydrogens is 555 g/mol. The van der Waals surface area contributed by atoms with Crippen LogP contribution in [0.25, 0.3) is 81.6 Å². The van der Waals surface area contributed by atoms with Gasteiger partial charge in [-0.3, -0.25) is 4.57 Å². The van der Waals surface area contributed by atoms with E-state index >= 15 is 0 Å². The molecule has 0 atom stereocenters. The summed E-state index contributed by atoms with van der Waals surface area (Å²) in [6.45, 7) is 0. The Morgan fingerprint density at radius 2 is 1.07 bits per heavy atom. The maximum absolute atomic E-state index is 5.25. The van der Waals surface area contributed by atoms with Crippen molar-refractivity contribution in [2.75, 3.05) is 0 Å². The fourth-order valence-corrected chi connectivity index (χ4v) is 7.59. The van der Waals surface area contributed by atoms with Crippen LogP contribution in [0.3, 0.4) is 0 Å². The zero-order valence-electron chi connectivity index (χ0n) is 23.7. The average molecular weight is 580 g/mol. The minimum absolute atomic E-state index is 0.708. The van der Waals surface area contributed by atoms with Gasteiger partial charge >= 0.3 is 0 Å². The first-order chi connectivity index (χ1) is 21.8. The molecule has 0 aliphatic heterocycles. The van der Waals surface area contributed by atoms with Gasteiger partial charge in [0.25, 0.3) is 0 Å². The van der Waals surface area contributed by atoms with Gasteiger partial charge in [0.1, 0.15) is 5.82 Å². The number of thiophene rings is 1. The molecule has 0 spiro atoms. The quantitative estimate of drug-likeness (QED) is 0.208. The Bertz CT molecular complexity index is 2470. The highest BCUT2D eigenvalue weighted by molar-refractivity contribution is 7.26. The van der Waals surface area contributed by atoms with Crippen molar-refractivity contribution in [3.8, 4) is 39.6 Å². The summed E-state index contributed by atoms with van der Waals surface area (Å²) in [5, 5.41) is 5.01. The third-order valence-electron chi connectivity index (χ3n) is 8.44. The average Bonchev–Trinajstić information content (AvgIpc) is 3.65. The lowest BCUT2D eigenvalue weighted by Crippen LogP contribution is -2.02. The van der Waals surface area contributed by atoms with Gasteiger partial charge in [-0.05, 0) is 23.3 Å². The van der Waals surface area contributed by atoms with Gasteiger partial charge in [-0.25, -0.2) is 9.97 Å². The first-order valence-electron chi connectivity index (χ1n) is 14.8. The van der Waals surface area contributed by atoms with E-state index in [0.717, 1.165) is 28.2 Å². The van der Waals surface area contributed by atoms with Gasteiger partial charge in [-0.1, -0.05) is 133 Å². The molecule has 3 nitrogen and oxygen atoms in total. The standard InChI is InChI=1S/C40H25N3S/c1-3-11-26(12-4-1)27-19-21-28(22-20-27)34-25-37(42-40(41-34)29-13-5-2-6-14-29)43-35-17-9-7-15-30(35)32-23-24-33-31-16-8-10-18-36(31)44-39(33)38(32)43/h1-25H. The van der Waals surface area contributed by atoms with Crippen molar-refractivity contribution in [2.45, 2.75) is 0 Å². The molecule has 0 fully saturated rings. The van der Waals surface area contributed by atoms with Crippen LogP contribution < -0.4 is 0 Å². The van der Waals surface area contributed by atoms with Crippen molar-refractivity contribution in [2.24, 2.45) is 0 Å². The Balaban J connectivity index is 1.33. The van der Waals surface area contributed by atoms with E-state index in [4.69, 9.17) is 9.97 Å². The molecule has 0 aliphatic carbocycles.